The van der Waals surface area contributed by atoms with E-state index in [1.807, 2.05) is 0 Å². The maximum atomic E-state index is 2.84. The molecule has 0 aromatic heterocycles. The van der Waals surface area contributed by atoms with E-state index in [1.54, 1.807) is 0 Å². The second kappa shape index (κ2) is 8.37. The van der Waals surface area contributed by atoms with E-state index < -0.39 is 0 Å². The zero-order chi connectivity index (χ0) is 17.7. The van der Waals surface area contributed by atoms with Gasteiger partial charge in [0.15, 0.2) is 0 Å². The highest BCUT2D eigenvalue weighted by Gasteiger charge is 2.43. The molecule has 2 saturated heterocycles. The van der Waals surface area contributed by atoms with Crippen molar-refractivity contribution in [2.24, 2.45) is 0 Å². The minimum Gasteiger partial charge on any atom is -0.297 e. The van der Waals surface area contributed by atoms with Crippen LogP contribution in [-0.2, 0) is 13.0 Å². The number of likely N-dealkylation sites (tertiary alicyclic amines) is 2. The molecule has 1 spiro atoms. The van der Waals surface area contributed by atoms with Crippen molar-refractivity contribution in [1.82, 2.24) is 9.80 Å². The molecular formula is C24H32N2. The van der Waals surface area contributed by atoms with Gasteiger partial charge in [-0.3, -0.25) is 9.80 Å². The predicted molar refractivity (Wildman–Crippen MR) is 109 cm³/mol. The molecule has 2 heterocycles. The Bertz CT molecular complexity index is 669. The number of rotatable bonds is 6. The summed E-state index contributed by atoms with van der Waals surface area (Å²) in [6.45, 7) is 6.18. The topological polar surface area (TPSA) is 6.48 Å². The van der Waals surface area contributed by atoms with Gasteiger partial charge in [0.2, 0.25) is 0 Å². The number of nitrogens with zero attached hydrogens (tertiary/aromatic N) is 2. The molecule has 0 radical (unpaired) electrons. The van der Waals surface area contributed by atoms with Gasteiger partial charge in [-0.25, -0.2) is 0 Å². The molecule has 26 heavy (non-hydrogen) atoms. The molecule has 2 aliphatic heterocycles. The van der Waals surface area contributed by atoms with Gasteiger partial charge in [-0.05, 0) is 69.3 Å². The van der Waals surface area contributed by atoms with E-state index in [2.05, 4.69) is 70.5 Å². The van der Waals surface area contributed by atoms with Crippen molar-refractivity contribution in [2.45, 2.75) is 50.6 Å². The smallest absolute Gasteiger partial charge is 0.0337 e. The third-order valence-electron chi connectivity index (χ3n) is 6.36. The Kier molecular flexibility index (Phi) is 5.72. The van der Waals surface area contributed by atoms with Crippen molar-refractivity contribution >= 4 is 0 Å². The van der Waals surface area contributed by atoms with Crippen LogP contribution in [0.3, 0.4) is 0 Å². The molecule has 4 rings (SSSR count). The maximum absolute atomic E-state index is 2.84. The summed E-state index contributed by atoms with van der Waals surface area (Å²) >= 11 is 0. The van der Waals surface area contributed by atoms with Crippen molar-refractivity contribution in [1.29, 1.82) is 0 Å². The molecule has 0 amide bonds. The van der Waals surface area contributed by atoms with E-state index in [0.717, 1.165) is 6.54 Å². The van der Waals surface area contributed by atoms with Crippen molar-refractivity contribution in [3.05, 3.63) is 71.8 Å². The van der Waals surface area contributed by atoms with Crippen molar-refractivity contribution in [3.8, 4) is 0 Å². The normalized spacial score (nSPS) is 24.3. The van der Waals surface area contributed by atoms with Crippen LogP contribution in [-0.4, -0.2) is 41.5 Å². The summed E-state index contributed by atoms with van der Waals surface area (Å²) in [6, 6.07) is 22.0. The minimum atomic E-state index is 0.448. The van der Waals surface area contributed by atoms with Gasteiger partial charge in [-0.2, -0.15) is 0 Å². The lowest BCUT2D eigenvalue weighted by molar-refractivity contribution is 0.0371. The fourth-order valence-electron chi connectivity index (χ4n) is 5.11. The third-order valence-corrected chi connectivity index (χ3v) is 6.36. The maximum Gasteiger partial charge on any atom is 0.0337 e. The zero-order valence-corrected chi connectivity index (χ0v) is 15.9. The van der Waals surface area contributed by atoms with E-state index in [0.29, 0.717) is 5.54 Å². The largest absolute Gasteiger partial charge is 0.297 e. The minimum absolute atomic E-state index is 0.448. The molecule has 2 aromatic carbocycles. The fourth-order valence-corrected chi connectivity index (χ4v) is 5.11. The van der Waals surface area contributed by atoms with Gasteiger partial charge in [0.25, 0.3) is 0 Å². The molecule has 0 unspecified atom stereocenters. The lowest BCUT2D eigenvalue weighted by atomic mass is 9.86. The molecule has 2 aliphatic rings. The van der Waals surface area contributed by atoms with Gasteiger partial charge in [-0.1, -0.05) is 60.7 Å². The first kappa shape index (κ1) is 17.8. The van der Waals surface area contributed by atoms with Gasteiger partial charge in [-0.15, -0.1) is 0 Å². The van der Waals surface area contributed by atoms with Gasteiger partial charge >= 0.3 is 0 Å². The van der Waals surface area contributed by atoms with Crippen LogP contribution in [0.2, 0.25) is 0 Å². The lowest BCUT2D eigenvalue weighted by Gasteiger charge is -2.46. The summed E-state index contributed by atoms with van der Waals surface area (Å²) in [5, 5.41) is 0. The molecule has 0 bridgehead atoms. The van der Waals surface area contributed by atoms with Gasteiger partial charge in [0, 0.05) is 18.6 Å². The molecule has 138 valence electrons. The Hall–Kier alpha value is -1.64. The Labute approximate surface area is 158 Å². The Morgan fingerprint density at radius 2 is 1.42 bits per heavy atom. The molecule has 0 N–H and O–H groups in total. The van der Waals surface area contributed by atoms with Crippen LogP contribution in [0.25, 0.3) is 0 Å². The molecule has 2 fully saturated rings. The van der Waals surface area contributed by atoms with E-state index in [1.165, 1.54) is 75.8 Å². The van der Waals surface area contributed by atoms with E-state index in [-0.39, 0.29) is 0 Å². The third kappa shape index (κ3) is 4.19. The van der Waals surface area contributed by atoms with E-state index in [9.17, 15) is 0 Å². The first-order chi connectivity index (χ1) is 12.8. The van der Waals surface area contributed by atoms with Gasteiger partial charge < -0.3 is 0 Å². The predicted octanol–water partition coefficient (Wildman–Crippen LogP) is 4.75. The molecule has 2 aromatic rings. The number of benzene rings is 2. The summed E-state index contributed by atoms with van der Waals surface area (Å²) in [5.41, 5.74) is 3.39. The summed E-state index contributed by atoms with van der Waals surface area (Å²) in [4.78, 5) is 5.54. The summed E-state index contributed by atoms with van der Waals surface area (Å²) < 4.78 is 0. The molecular weight excluding hydrogens is 316 g/mol. The Morgan fingerprint density at radius 3 is 2.15 bits per heavy atom. The number of piperidine rings is 1. The SMILES string of the molecule is c1ccc(CCCN2CCC[C@@]23CCCN(Cc2ccccc2)C3)cc1. The van der Waals surface area contributed by atoms with Crippen LogP contribution in [0.1, 0.15) is 43.2 Å². The monoisotopic (exact) mass is 348 g/mol. The number of hydrogen-bond acceptors (Lipinski definition) is 2. The van der Waals surface area contributed by atoms with Gasteiger partial charge in [0.05, 0.1) is 0 Å². The highest BCUT2D eigenvalue weighted by Crippen LogP contribution is 2.37. The van der Waals surface area contributed by atoms with Crippen molar-refractivity contribution < 1.29 is 0 Å². The molecule has 2 nitrogen and oxygen atoms in total. The van der Waals surface area contributed by atoms with Crippen LogP contribution in [0, 0.1) is 0 Å². The van der Waals surface area contributed by atoms with Crippen LogP contribution in [0.5, 0.6) is 0 Å². The summed E-state index contributed by atoms with van der Waals surface area (Å²) in [6.07, 6.45) is 8.01. The van der Waals surface area contributed by atoms with E-state index in [4.69, 9.17) is 0 Å². The van der Waals surface area contributed by atoms with Crippen molar-refractivity contribution in [2.75, 3.05) is 26.2 Å². The quantitative estimate of drug-likeness (QED) is 0.743. The van der Waals surface area contributed by atoms with Crippen LogP contribution < -0.4 is 0 Å². The second-order valence-electron chi connectivity index (χ2n) is 8.20. The average molecular weight is 349 g/mol. The Morgan fingerprint density at radius 1 is 0.769 bits per heavy atom. The van der Waals surface area contributed by atoms with E-state index >= 15 is 0 Å². The van der Waals surface area contributed by atoms with Crippen LogP contribution in [0.15, 0.2) is 60.7 Å². The van der Waals surface area contributed by atoms with Crippen LogP contribution >= 0.6 is 0 Å². The van der Waals surface area contributed by atoms with Crippen LogP contribution in [0.4, 0.5) is 0 Å². The lowest BCUT2D eigenvalue weighted by Crippen LogP contribution is -2.55. The van der Waals surface area contributed by atoms with Crippen molar-refractivity contribution in [3.63, 3.8) is 0 Å². The highest BCUT2D eigenvalue weighted by atomic mass is 15.3. The molecule has 2 heteroatoms. The molecule has 1 atom stereocenters. The molecule has 0 saturated carbocycles. The first-order valence-electron chi connectivity index (χ1n) is 10.4. The standard InChI is InChI=1S/C24H32N2/c1-3-10-22(11-4-1)14-7-18-26-19-9-16-24(26)15-8-17-25(21-24)20-23-12-5-2-6-13-23/h1-6,10-13H,7-9,14-21H2/t24-/m1/s1. The number of hydrogen-bond donors (Lipinski definition) is 0. The van der Waals surface area contributed by atoms with Gasteiger partial charge in [0.1, 0.15) is 0 Å². The summed E-state index contributed by atoms with van der Waals surface area (Å²) in [7, 11) is 0. The zero-order valence-electron chi connectivity index (χ0n) is 15.9. The average Bonchev–Trinajstić information content (AvgIpc) is 3.05. The summed E-state index contributed by atoms with van der Waals surface area (Å²) in [5.74, 6) is 0. The molecule has 0 aliphatic carbocycles. The number of aryl methyl sites for hydroxylation is 1. The second-order valence-corrected chi connectivity index (χ2v) is 8.20. The highest BCUT2D eigenvalue weighted by molar-refractivity contribution is 5.16. The Balaban J connectivity index is 1.34. The first-order valence-corrected chi connectivity index (χ1v) is 10.4. The fraction of sp³-hybridized carbons (Fsp3) is 0.500.